The summed E-state index contributed by atoms with van der Waals surface area (Å²) < 4.78 is 5.42. The molecule has 0 saturated carbocycles. The molecule has 0 fully saturated rings. The van der Waals surface area contributed by atoms with Gasteiger partial charge in [0, 0.05) is 0 Å². The van der Waals surface area contributed by atoms with Crippen LogP contribution in [0.1, 0.15) is 58.9 Å². The standard InChI is InChI=1S/C20H22O5/c1-2-3-4-5-7-14-8-6-9-17(19(22)23)18(14)25-20(24)15-10-12-16(21)13-11-15/h6,8-13,21H,2-5,7H2,1H3,(H,22,23). The Kier molecular flexibility index (Phi) is 6.57. The van der Waals surface area contributed by atoms with Crippen LogP contribution in [0.4, 0.5) is 0 Å². The lowest BCUT2D eigenvalue weighted by Crippen LogP contribution is -2.13. The Labute approximate surface area is 146 Å². The van der Waals surface area contributed by atoms with E-state index in [0.29, 0.717) is 12.0 Å². The van der Waals surface area contributed by atoms with Crippen molar-refractivity contribution >= 4 is 11.9 Å². The van der Waals surface area contributed by atoms with Gasteiger partial charge in [0.25, 0.3) is 0 Å². The molecule has 2 N–H and O–H groups in total. The van der Waals surface area contributed by atoms with Gasteiger partial charge in [0.15, 0.2) is 0 Å². The highest BCUT2D eigenvalue weighted by Crippen LogP contribution is 2.27. The Morgan fingerprint density at radius 2 is 1.72 bits per heavy atom. The smallest absolute Gasteiger partial charge is 0.343 e. The van der Waals surface area contributed by atoms with Gasteiger partial charge in [-0.3, -0.25) is 0 Å². The highest BCUT2D eigenvalue weighted by atomic mass is 16.5. The van der Waals surface area contributed by atoms with Crippen molar-refractivity contribution in [2.24, 2.45) is 0 Å². The van der Waals surface area contributed by atoms with E-state index in [9.17, 15) is 19.8 Å². The number of aryl methyl sites for hydroxylation is 1. The number of carbonyl (C=O) groups excluding carboxylic acids is 1. The normalized spacial score (nSPS) is 10.4. The monoisotopic (exact) mass is 342 g/mol. The number of rotatable bonds is 8. The second-order valence-electron chi connectivity index (χ2n) is 5.85. The van der Waals surface area contributed by atoms with Crippen molar-refractivity contribution < 1.29 is 24.5 Å². The predicted octanol–water partition coefficient (Wildman–Crippen LogP) is 4.43. The number of unbranched alkanes of at least 4 members (excludes halogenated alkanes) is 3. The molecule has 2 aromatic carbocycles. The van der Waals surface area contributed by atoms with Crippen LogP contribution in [0.3, 0.4) is 0 Å². The molecular weight excluding hydrogens is 320 g/mol. The minimum Gasteiger partial charge on any atom is -0.508 e. The third-order valence-electron chi connectivity index (χ3n) is 3.92. The largest absolute Gasteiger partial charge is 0.508 e. The van der Waals surface area contributed by atoms with Gasteiger partial charge in [0.2, 0.25) is 0 Å². The number of aromatic carboxylic acids is 1. The van der Waals surface area contributed by atoms with Crippen LogP contribution in [0.2, 0.25) is 0 Å². The van der Waals surface area contributed by atoms with Gasteiger partial charge in [-0.1, -0.05) is 38.3 Å². The van der Waals surface area contributed by atoms with E-state index < -0.39 is 11.9 Å². The van der Waals surface area contributed by atoms with Crippen LogP contribution in [0.15, 0.2) is 42.5 Å². The number of phenolic OH excluding ortho intramolecular Hbond substituents is 1. The zero-order valence-electron chi connectivity index (χ0n) is 14.2. The molecule has 132 valence electrons. The van der Waals surface area contributed by atoms with Gasteiger partial charge in [0.05, 0.1) is 5.56 Å². The summed E-state index contributed by atoms with van der Waals surface area (Å²) in [5.74, 6) is -1.64. The first-order chi connectivity index (χ1) is 12.0. The number of para-hydroxylation sites is 1. The van der Waals surface area contributed by atoms with Gasteiger partial charge in [-0.05, 0) is 48.7 Å². The summed E-state index contributed by atoms with van der Waals surface area (Å²) in [6, 6.07) is 10.5. The van der Waals surface area contributed by atoms with Gasteiger partial charge in [-0.2, -0.15) is 0 Å². The van der Waals surface area contributed by atoms with Gasteiger partial charge in [0.1, 0.15) is 17.1 Å². The Morgan fingerprint density at radius 1 is 1.00 bits per heavy atom. The fraction of sp³-hybridized carbons (Fsp3) is 0.300. The lowest BCUT2D eigenvalue weighted by Gasteiger charge is -2.13. The summed E-state index contributed by atoms with van der Waals surface area (Å²) >= 11 is 0. The Morgan fingerprint density at radius 3 is 2.36 bits per heavy atom. The molecule has 2 aromatic rings. The summed E-state index contributed by atoms with van der Waals surface area (Å²) in [4.78, 5) is 23.8. The van der Waals surface area contributed by atoms with E-state index in [1.165, 1.54) is 30.3 Å². The molecule has 0 aliphatic rings. The molecular formula is C20H22O5. The van der Waals surface area contributed by atoms with Crippen molar-refractivity contribution in [1.29, 1.82) is 0 Å². The Hall–Kier alpha value is -2.82. The molecule has 0 unspecified atom stereocenters. The van der Waals surface area contributed by atoms with Crippen molar-refractivity contribution in [1.82, 2.24) is 0 Å². The number of hydrogen-bond donors (Lipinski definition) is 2. The average molecular weight is 342 g/mol. The zero-order valence-corrected chi connectivity index (χ0v) is 14.2. The quantitative estimate of drug-likeness (QED) is 0.421. The van der Waals surface area contributed by atoms with Crippen LogP contribution >= 0.6 is 0 Å². The third-order valence-corrected chi connectivity index (χ3v) is 3.92. The summed E-state index contributed by atoms with van der Waals surface area (Å²) in [7, 11) is 0. The van der Waals surface area contributed by atoms with Gasteiger partial charge in [-0.15, -0.1) is 0 Å². The molecule has 0 radical (unpaired) electrons. The van der Waals surface area contributed by atoms with Crippen LogP contribution in [-0.2, 0) is 6.42 Å². The van der Waals surface area contributed by atoms with E-state index in [0.717, 1.165) is 25.7 Å². The lowest BCUT2D eigenvalue weighted by molar-refractivity contribution is 0.0680. The number of esters is 1. The van der Waals surface area contributed by atoms with Crippen LogP contribution in [-0.4, -0.2) is 22.2 Å². The fourth-order valence-electron chi connectivity index (χ4n) is 2.56. The number of benzene rings is 2. The molecule has 25 heavy (non-hydrogen) atoms. The number of ether oxygens (including phenoxy) is 1. The first-order valence-corrected chi connectivity index (χ1v) is 8.39. The number of phenols is 1. The van der Waals surface area contributed by atoms with E-state index in [-0.39, 0.29) is 22.6 Å². The Balaban J connectivity index is 2.24. The first kappa shape index (κ1) is 18.5. The van der Waals surface area contributed by atoms with Gasteiger partial charge >= 0.3 is 11.9 Å². The van der Waals surface area contributed by atoms with Crippen LogP contribution in [0.25, 0.3) is 0 Å². The van der Waals surface area contributed by atoms with E-state index >= 15 is 0 Å². The summed E-state index contributed by atoms with van der Waals surface area (Å²) in [5, 5.41) is 18.7. The average Bonchev–Trinajstić information content (AvgIpc) is 2.60. The number of carboxylic acid groups (broad SMARTS) is 1. The van der Waals surface area contributed by atoms with Crippen molar-refractivity contribution in [2.45, 2.75) is 39.0 Å². The maximum atomic E-state index is 12.3. The van der Waals surface area contributed by atoms with Crippen molar-refractivity contribution in [3.63, 3.8) is 0 Å². The molecule has 2 rings (SSSR count). The van der Waals surface area contributed by atoms with E-state index in [2.05, 4.69) is 6.92 Å². The molecule has 0 atom stereocenters. The maximum absolute atomic E-state index is 12.3. The van der Waals surface area contributed by atoms with Crippen LogP contribution < -0.4 is 4.74 Å². The topological polar surface area (TPSA) is 83.8 Å². The second-order valence-corrected chi connectivity index (χ2v) is 5.85. The molecule has 0 spiro atoms. The number of carbonyl (C=O) groups is 2. The summed E-state index contributed by atoms with van der Waals surface area (Å²) in [5.41, 5.74) is 0.929. The Bertz CT molecular complexity index is 734. The van der Waals surface area contributed by atoms with Crippen LogP contribution in [0.5, 0.6) is 11.5 Å². The molecule has 5 nitrogen and oxygen atoms in total. The van der Waals surface area contributed by atoms with Gasteiger partial charge < -0.3 is 14.9 Å². The first-order valence-electron chi connectivity index (χ1n) is 8.39. The lowest BCUT2D eigenvalue weighted by atomic mass is 10.0. The molecule has 0 heterocycles. The second kappa shape index (κ2) is 8.87. The highest BCUT2D eigenvalue weighted by Gasteiger charge is 2.19. The predicted molar refractivity (Wildman–Crippen MR) is 94.3 cm³/mol. The minimum atomic E-state index is -1.14. The minimum absolute atomic E-state index is 0.0277. The van der Waals surface area contributed by atoms with Crippen LogP contribution in [0, 0.1) is 0 Å². The van der Waals surface area contributed by atoms with E-state index in [1.54, 1.807) is 12.1 Å². The molecule has 0 aromatic heterocycles. The zero-order chi connectivity index (χ0) is 18.2. The molecule has 0 amide bonds. The molecule has 0 aliphatic heterocycles. The highest BCUT2D eigenvalue weighted by molar-refractivity contribution is 5.96. The molecule has 5 heteroatoms. The molecule has 0 saturated heterocycles. The summed E-state index contributed by atoms with van der Waals surface area (Å²) in [6.45, 7) is 2.12. The summed E-state index contributed by atoms with van der Waals surface area (Å²) in [6.07, 6.45) is 4.82. The van der Waals surface area contributed by atoms with E-state index in [1.807, 2.05) is 0 Å². The van der Waals surface area contributed by atoms with Gasteiger partial charge in [-0.25, -0.2) is 9.59 Å². The fourth-order valence-corrected chi connectivity index (χ4v) is 2.56. The molecule has 0 bridgehead atoms. The van der Waals surface area contributed by atoms with Crippen molar-refractivity contribution in [2.75, 3.05) is 0 Å². The van der Waals surface area contributed by atoms with E-state index in [4.69, 9.17) is 4.74 Å². The number of hydrogen-bond acceptors (Lipinski definition) is 4. The number of carboxylic acids is 1. The van der Waals surface area contributed by atoms with Crippen molar-refractivity contribution in [3.05, 3.63) is 59.2 Å². The third kappa shape index (κ3) is 5.08. The number of aromatic hydroxyl groups is 1. The van der Waals surface area contributed by atoms with Crippen molar-refractivity contribution in [3.8, 4) is 11.5 Å². The molecule has 0 aliphatic carbocycles. The maximum Gasteiger partial charge on any atom is 0.343 e. The SMILES string of the molecule is CCCCCCc1cccc(C(=O)O)c1OC(=O)c1ccc(O)cc1.